The van der Waals surface area contributed by atoms with E-state index in [1.54, 1.807) is 0 Å². The average Bonchev–Trinajstić information content (AvgIpc) is 3.31. The monoisotopic (exact) mass is 911 g/mol. The molecule has 0 saturated heterocycles. The molecule has 0 aromatic carbocycles. The van der Waals surface area contributed by atoms with Crippen molar-refractivity contribution in [3.05, 3.63) is 134 Å². The van der Waals surface area contributed by atoms with Gasteiger partial charge in [0.1, 0.15) is 13.2 Å². The van der Waals surface area contributed by atoms with E-state index in [4.69, 9.17) is 14.2 Å². The van der Waals surface area contributed by atoms with Gasteiger partial charge in [-0.15, -0.1) is 0 Å². The lowest BCUT2D eigenvalue weighted by molar-refractivity contribution is -0.166. The van der Waals surface area contributed by atoms with E-state index in [9.17, 15) is 14.4 Å². The van der Waals surface area contributed by atoms with E-state index in [1.165, 1.54) is 32.1 Å². The molecule has 0 rings (SSSR count). The smallest absolute Gasteiger partial charge is 0.306 e. The Bertz CT molecular complexity index is 1460. The molecule has 1 atom stereocenters. The molecule has 370 valence electrons. The average molecular weight is 911 g/mol. The molecule has 0 fully saturated rings. The molecule has 0 aliphatic carbocycles. The van der Waals surface area contributed by atoms with E-state index in [1.807, 2.05) is 12.2 Å². The molecule has 6 nitrogen and oxygen atoms in total. The Morgan fingerprint density at radius 1 is 0.318 bits per heavy atom. The van der Waals surface area contributed by atoms with Gasteiger partial charge in [0.25, 0.3) is 0 Å². The van der Waals surface area contributed by atoms with Crippen molar-refractivity contribution in [2.24, 2.45) is 0 Å². The van der Waals surface area contributed by atoms with E-state index in [2.05, 4.69) is 142 Å². The van der Waals surface area contributed by atoms with Gasteiger partial charge in [-0.1, -0.05) is 199 Å². The third kappa shape index (κ3) is 50.5. The lowest BCUT2D eigenvalue weighted by Gasteiger charge is -2.18. The molecule has 0 aromatic heterocycles. The summed E-state index contributed by atoms with van der Waals surface area (Å²) in [7, 11) is 0. The summed E-state index contributed by atoms with van der Waals surface area (Å²) in [4.78, 5) is 38.0. The first-order chi connectivity index (χ1) is 32.5. The van der Waals surface area contributed by atoms with E-state index in [-0.39, 0.29) is 44.0 Å². The van der Waals surface area contributed by atoms with Crippen LogP contribution in [-0.2, 0) is 28.6 Å². The Morgan fingerprint density at radius 2 is 0.621 bits per heavy atom. The van der Waals surface area contributed by atoms with Gasteiger partial charge in [-0.2, -0.15) is 0 Å². The van der Waals surface area contributed by atoms with Crippen molar-refractivity contribution < 1.29 is 28.6 Å². The van der Waals surface area contributed by atoms with Crippen LogP contribution in [0.5, 0.6) is 0 Å². The summed E-state index contributed by atoms with van der Waals surface area (Å²) in [6.45, 7) is 6.27. The Labute approximate surface area is 405 Å². The second kappa shape index (κ2) is 53.2. The number of hydrogen-bond acceptors (Lipinski definition) is 6. The van der Waals surface area contributed by atoms with Crippen LogP contribution in [0.4, 0.5) is 0 Å². The first kappa shape index (κ1) is 61.5. The summed E-state index contributed by atoms with van der Waals surface area (Å²) in [5.74, 6) is -1.05. The first-order valence-corrected chi connectivity index (χ1v) is 26.2. The SMILES string of the molecule is CC/C=C\C/C=C\C/C=C\C/C=C\C/C=C\C/C=C\CCC(=O)OCC(COC(=O)CCCCCCC/C=C\CCCCC)OC(=O)CCCCCC/C=C\C/C=C\C/C=C\C/C=C\CC. The zero-order valence-corrected chi connectivity index (χ0v) is 42.1. The van der Waals surface area contributed by atoms with Crippen LogP contribution in [-0.4, -0.2) is 37.2 Å². The highest BCUT2D eigenvalue weighted by Crippen LogP contribution is 2.12. The number of rotatable bonds is 45. The molecule has 0 spiro atoms. The van der Waals surface area contributed by atoms with Gasteiger partial charge in [0.15, 0.2) is 6.10 Å². The molecular weight excluding hydrogens is 817 g/mol. The number of allylic oxidation sites excluding steroid dienone is 22. The van der Waals surface area contributed by atoms with Crippen LogP contribution >= 0.6 is 0 Å². The van der Waals surface area contributed by atoms with Crippen molar-refractivity contribution in [2.45, 2.75) is 213 Å². The Hall–Kier alpha value is -4.45. The zero-order chi connectivity index (χ0) is 47.9. The zero-order valence-electron chi connectivity index (χ0n) is 42.1. The molecule has 0 saturated carbocycles. The van der Waals surface area contributed by atoms with Crippen molar-refractivity contribution in [1.29, 1.82) is 0 Å². The van der Waals surface area contributed by atoms with E-state index in [0.717, 1.165) is 128 Å². The van der Waals surface area contributed by atoms with Gasteiger partial charge in [-0.3, -0.25) is 14.4 Å². The molecule has 0 heterocycles. The molecule has 0 amide bonds. The highest BCUT2D eigenvalue weighted by atomic mass is 16.6. The Morgan fingerprint density at radius 3 is 1.03 bits per heavy atom. The second-order valence-electron chi connectivity index (χ2n) is 16.7. The summed E-state index contributed by atoms with van der Waals surface area (Å²) >= 11 is 0. The van der Waals surface area contributed by atoms with E-state index in [0.29, 0.717) is 12.8 Å². The molecule has 66 heavy (non-hydrogen) atoms. The molecule has 0 aliphatic heterocycles. The maximum absolute atomic E-state index is 12.8. The van der Waals surface area contributed by atoms with E-state index < -0.39 is 6.10 Å². The van der Waals surface area contributed by atoms with Gasteiger partial charge in [0.05, 0.1) is 0 Å². The van der Waals surface area contributed by atoms with Crippen LogP contribution in [0, 0.1) is 0 Å². The summed E-state index contributed by atoms with van der Waals surface area (Å²) in [6.07, 6.45) is 74.4. The van der Waals surface area contributed by atoms with E-state index >= 15 is 0 Å². The molecular formula is C60H94O6. The minimum Gasteiger partial charge on any atom is -0.462 e. The van der Waals surface area contributed by atoms with Crippen LogP contribution in [0.1, 0.15) is 207 Å². The molecule has 1 unspecified atom stereocenters. The van der Waals surface area contributed by atoms with Gasteiger partial charge in [0, 0.05) is 19.3 Å². The maximum atomic E-state index is 12.8. The lowest BCUT2D eigenvalue weighted by Crippen LogP contribution is -2.30. The van der Waals surface area contributed by atoms with Crippen molar-refractivity contribution in [1.82, 2.24) is 0 Å². The standard InChI is InChI=1S/C60H94O6/c1-4-7-10-13-16-19-22-25-27-29-30-32-33-35-38-41-44-47-50-53-59(62)65-56-57(55-64-58(61)52-49-46-43-40-37-24-21-18-15-12-9-6-3)66-60(63)54-51-48-45-42-39-36-34-31-28-26-23-20-17-14-11-8-5-2/h7-8,10-11,16-21,25-28,30,32,34-36,38,44,47,57H,4-6,9,12-15,22-24,29,31,33,37,39-43,45-46,48-56H2,1-3H3/b10-7-,11-8-,19-16-,20-17-,21-18-,27-25-,28-26-,32-30-,36-34-,38-35-,47-44-. The van der Waals surface area contributed by atoms with Crippen LogP contribution in [0.2, 0.25) is 0 Å². The maximum Gasteiger partial charge on any atom is 0.306 e. The Balaban J connectivity index is 4.57. The number of unbranched alkanes of at least 4 members (excludes halogenated alkanes) is 12. The largest absolute Gasteiger partial charge is 0.462 e. The molecule has 0 aliphatic rings. The molecule has 0 bridgehead atoms. The van der Waals surface area contributed by atoms with Gasteiger partial charge in [-0.25, -0.2) is 0 Å². The summed E-state index contributed by atoms with van der Waals surface area (Å²) in [5.41, 5.74) is 0. The van der Waals surface area contributed by atoms with Crippen molar-refractivity contribution in [3.8, 4) is 0 Å². The third-order valence-electron chi connectivity index (χ3n) is 10.4. The fraction of sp³-hybridized carbons (Fsp3) is 0.583. The number of esters is 3. The highest BCUT2D eigenvalue weighted by molar-refractivity contribution is 5.71. The Kier molecular flexibility index (Phi) is 49.6. The molecule has 0 N–H and O–H groups in total. The second-order valence-corrected chi connectivity index (χ2v) is 16.7. The van der Waals surface area contributed by atoms with Crippen molar-refractivity contribution >= 4 is 17.9 Å². The normalized spacial score (nSPS) is 13.2. The van der Waals surface area contributed by atoms with Crippen LogP contribution < -0.4 is 0 Å². The van der Waals surface area contributed by atoms with Crippen LogP contribution in [0.15, 0.2) is 134 Å². The first-order valence-electron chi connectivity index (χ1n) is 26.2. The fourth-order valence-electron chi connectivity index (χ4n) is 6.51. The summed E-state index contributed by atoms with van der Waals surface area (Å²) < 4.78 is 16.7. The van der Waals surface area contributed by atoms with Gasteiger partial charge in [-0.05, 0) is 122 Å². The van der Waals surface area contributed by atoms with Gasteiger partial charge in [0.2, 0.25) is 0 Å². The number of carbonyl (C=O) groups is 3. The fourth-order valence-corrected chi connectivity index (χ4v) is 6.51. The number of carbonyl (C=O) groups excluding carboxylic acids is 3. The number of hydrogen-bond donors (Lipinski definition) is 0. The topological polar surface area (TPSA) is 78.9 Å². The summed E-state index contributed by atoms with van der Waals surface area (Å²) in [6, 6.07) is 0. The predicted molar refractivity (Wildman–Crippen MR) is 283 cm³/mol. The van der Waals surface area contributed by atoms with Gasteiger partial charge < -0.3 is 14.2 Å². The quantitative estimate of drug-likeness (QED) is 0.0262. The highest BCUT2D eigenvalue weighted by Gasteiger charge is 2.19. The van der Waals surface area contributed by atoms with Crippen LogP contribution in [0.25, 0.3) is 0 Å². The molecule has 0 aromatic rings. The summed E-state index contributed by atoms with van der Waals surface area (Å²) in [5, 5.41) is 0. The van der Waals surface area contributed by atoms with Crippen LogP contribution in [0.3, 0.4) is 0 Å². The predicted octanol–water partition coefficient (Wildman–Crippen LogP) is 17.5. The third-order valence-corrected chi connectivity index (χ3v) is 10.4. The number of ether oxygens (including phenoxy) is 3. The minimum atomic E-state index is -0.829. The van der Waals surface area contributed by atoms with Gasteiger partial charge >= 0.3 is 17.9 Å². The van der Waals surface area contributed by atoms with Crippen molar-refractivity contribution in [2.75, 3.05) is 13.2 Å². The molecule has 0 radical (unpaired) electrons. The minimum absolute atomic E-state index is 0.121. The molecule has 6 heteroatoms. The lowest BCUT2D eigenvalue weighted by atomic mass is 10.1. The van der Waals surface area contributed by atoms with Crippen molar-refractivity contribution in [3.63, 3.8) is 0 Å².